The molecule has 0 saturated carbocycles. The third kappa shape index (κ3) is 3.41. The predicted octanol–water partition coefficient (Wildman–Crippen LogP) is 4.66. The monoisotopic (exact) mass is 364 g/mol. The van der Waals surface area contributed by atoms with E-state index in [1.165, 1.54) is 0 Å². The lowest BCUT2D eigenvalue weighted by atomic mass is 10.2. The van der Waals surface area contributed by atoms with Gasteiger partial charge in [0.05, 0.1) is 4.91 Å². The summed E-state index contributed by atoms with van der Waals surface area (Å²) in [5, 5.41) is 0.989. The summed E-state index contributed by atoms with van der Waals surface area (Å²) in [6, 6.07) is 1.98. The van der Waals surface area contributed by atoms with Gasteiger partial charge in [-0.3, -0.25) is 0 Å². The van der Waals surface area contributed by atoms with Crippen molar-refractivity contribution in [3.8, 4) is 0 Å². The van der Waals surface area contributed by atoms with E-state index in [1.807, 2.05) is 45.2 Å². The molecule has 0 fully saturated rings. The number of allylic oxidation sites excluding steroid dienone is 4. The van der Waals surface area contributed by atoms with Crippen molar-refractivity contribution in [1.82, 2.24) is 8.96 Å². The number of pyridine rings is 1. The van der Waals surface area contributed by atoms with Gasteiger partial charge in [0.25, 0.3) is 0 Å². The third-order valence-electron chi connectivity index (χ3n) is 2.94. The fourth-order valence-electron chi connectivity index (χ4n) is 1.89. The maximum Gasteiger partial charge on any atom is 0.158 e. The Balaban J connectivity index is 2.56. The van der Waals surface area contributed by atoms with Gasteiger partial charge in [-0.05, 0) is 54.4 Å². The van der Waals surface area contributed by atoms with Crippen molar-refractivity contribution in [1.29, 1.82) is 0 Å². The molecule has 2 heterocycles. The topological polar surface area (TPSA) is 34.9 Å². The Labute approximate surface area is 135 Å². The van der Waals surface area contributed by atoms with Crippen molar-refractivity contribution in [3.05, 3.63) is 63.8 Å². The summed E-state index contributed by atoms with van der Waals surface area (Å²) in [5.41, 5.74) is 2.89. The highest BCUT2D eigenvalue weighted by atomic mass is 79.9. The lowest BCUT2D eigenvalue weighted by molar-refractivity contribution is 0.683. The summed E-state index contributed by atoms with van der Waals surface area (Å²) in [5.74, 6) is 0. The predicted molar refractivity (Wildman–Crippen MR) is 93.4 cm³/mol. The molecule has 5 heteroatoms. The van der Waals surface area contributed by atoms with Crippen molar-refractivity contribution in [2.24, 2.45) is 0 Å². The molecule has 0 aliphatic heterocycles. The number of fused-ring (bicyclic) bond motifs is 1. The Morgan fingerprint density at radius 3 is 2.76 bits per heavy atom. The van der Waals surface area contributed by atoms with Gasteiger partial charge in [-0.2, -0.15) is 0 Å². The molecule has 2 aromatic rings. The minimum atomic E-state index is -1.36. The van der Waals surface area contributed by atoms with Crippen molar-refractivity contribution in [2.75, 3.05) is 0 Å². The standard InChI is InChI=1S/C16H17BrN2OS/c1-5-14(7-6-11(2)3)21(20)19-10-12(4)15-8-13(17)9-18-16(15)19/h5-10H,1H2,2-4H3/b14-7+. The molecule has 0 N–H and O–H groups in total. The molecule has 0 spiro atoms. The normalized spacial score (nSPS) is 13.2. The molecule has 2 aromatic heterocycles. The maximum atomic E-state index is 12.8. The second kappa shape index (κ2) is 6.54. The molecule has 0 aromatic carbocycles. The third-order valence-corrected chi connectivity index (χ3v) is 4.72. The first kappa shape index (κ1) is 15.9. The fraction of sp³-hybridized carbons (Fsp3) is 0.188. The van der Waals surface area contributed by atoms with Crippen molar-refractivity contribution >= 4 is 37.9 Å². The van der Waals surface area contributed by atoms with E-state index in [9.17, 15) is 4.21 Å². The number of hydrogen-bond donors (Lipinski definition) is 0. The van der Waals surface area contributed by atoms with Crippen LogP contribution < -0.4 is 0 Å². The lowest BCUT2D eigenvalue weighted by Crippen LogP contribution is -2.05. The zero-order chi connectivity index (χ0) is 15.6. The zero-order valence-electron chi connectivity index (χ0n) is 12.3. The minimum Gasteiger partial charge on any atom is -0.246 e. The quantitative estimate of drug-likeness (QED) is 0.739. The first-order valence-corrected chi connectivity index (χ1v) is 8.37. The molecule has 110 valence electrons. The zero-order valence-corrected chi connectivity index (χ0v) is 14.7. The van der Waals surface area contributed by atoms with Gasteiger partial charge in [-0.25, -0.2) is 13.2 Å². The number of rotatable bonds is 4. The van der Waals surface area contributed by atoms with Crippen molar-refractivity contribution in [2.45, 2.75) is 20.8 Å². The Morgan fingerprint density at radius 1 is 1.43 bits per heavy atom. The molecule has 1 unspecified atom stereocenters. The fourth-order valence-corrected chi connectivity index (χ4v) is 3.33. The molecule has 0 amide bonds. The highest BCUT2D eigenvalue weighted by Gasteiger charge is 2.14. The minimum absolute atomic E-state index is 0.651. The molecule has 0 radical (unpaired) electrons. The van der Waals surface area contributed by atoms with Gasteiger partial charge in [0.2, 0.25) is 0 Å². The van der Waals surface area contributed by atoms with Crippen molar-refractivity contribution < 1.29 is 4.21 Å². The van der Waals surface area contributed by atoms with Crippen molar-refractivity contribution in [3.63, 3.8) is 0 Å². The smallest absolute Gasteiger partial charge is 0.158 e. The summed E-state index contributed by atoms with van der Waals surface area (Å²) in [4.78, 5) is 5.03. The Hall–Kier alpha value is -1.46. The van der Waals surface area contributed by atoms with Gasteiger partial charge in [0.1, 0.15) is 0 Å². The second-order valence-electron chi connectivity index (χ2n) is 4.93. The van der Waals surface area contributed by atoms with Crippen LogP contribution in [0.15, 0.2) is 58.2 Å². The summed E-state index contributed by atoms with van der Waals surface area (Å²) >= 11 is 3.41. The molecular weight excluding hydrogens is 348 g/mol. The van der Waals surface area contributed by atoms with Gasteiger partial charge in [-0.1, -0.05) is 24.3 Å². The van der Waals surface area contributed by atoms with Gasteiger partial charge >= 0.3 is 0 Å². The number of nitrogens with zero attached hydrogens (tertiary/aromatic N) is 2. The van der Waals surface area contributed by atoms with E-state index < -0.39 is 11.0 Å². The molecule has 0 aliphatic rings. The highest BCUT2D eigenvalue weighted by molar-refractivity contribution is 9.10. The summed E-state index contributed by atoms with van der Waals surface area (Å²) in [6.07, 6.45) is 8.95. The highest BCUT2D eigenvalue weighted by Crippen LogP contribution is 2.24. The van der Waals surface area contributed by atoms with E-state index in [4.69, 9.17) is 0 Å². The largest absolute Gasteiger partial charge is 0.246 e. The summed E-state index contributed by atoms with van der Waals surface area (Å²) < 4.78 is 15.3. The van der Waals surface area contributed by atoms with Crippen LogP contribution in [0.1, 0.15) is 19.4 Å². The van der Waals surface area contributed by atoms with Crippen LogP contribution >= 0.6 is 15.9 Å². The first-order valence-electron chi connectivity index (χ1n) is 6.47. The van der Waals surface area contributed by atoms with Crippen LogP contribution in [-0.2, 0) is 11.0 Å². The van der Waals surface area contributed by atoms with Gasteiger partial charge in [-0.15, -0.1) is 0 Å². The molecule has 21 heavy (non-hydrogen) atoms. The second-order valence-corrected chi connectivity index (χ2v) is 7.21. The Morgan fingerprint density at radius 2 is 2.14 bits per heavy atom. The molecule has 0 aliphatic carbocycles. The number of aryl methyl sites for hydroxylation is 1. The van der Waals surface area contributed by atoms with E-state index in [1.54, 1.807) is 16.2 Å². The van der Waals surface area contributed by atoms with E-state index in [2.05, 4.69) is 27.5 Å². The van der Waals surface area contributed by atoms with E-state index in [-0.39, 0.29) is 0 Å². The van der Waals surface area contributed by atoms with Crippen LogP contribution in [0, 0.1) is 6.92 Å². The van der Waals surface area contributed by atoms with Gasteiger partial charge in [0.15, 0.2) is 16.6 Å². The van der Waals surface area contributed by atoms with Crippen LogP contribution in [0.5, 0.6) is 0 Å². The molecule has 3 nitrogen and oxygen atoms in total. The van der Waals surface area contributed by atoms with Crippen LogP contribution in [0.4, 0.5) is 0 Å². The number of halogens is 1. The van der Waals surface area contributed by atoms with Gasteiger partial charge in [0, 0.05) is 22.3 Å². The molecule has 2 rings (SSSR count). The van der Waals surface area contributed by atoms with E-state index >= 15 is 0 Å². The molecule has 0 bridgehead atoms. The average molecular weight is 365 g/mol. The first-order chi connectivity index (χ1) is 9.93. The molecular formula is C16H17BrN2OS. The van der Waals surface area contributed by atoms with Crippen LogP contribution in [-0.4, -0.2) is 13.2 Å². The van der Waals surface area contributed by atoms with E-state index in [0.29, 0.717) is 10.6 Å². The Kier molecular flexibility index (Phi) is 4.96. The van der Waals surface area contributed by atoms with Crippen LogP contribution in [0.3, 0.4) is 0 Å². The Bertz CT molecular complexity index is 783. The molecule has 0 saturated heterocycles. The number of hydrogen-bond acceptors (Lipinski definition) is 2. The number of aromatic nitrogens is 2. The van der Waals surface area contributed by atoms with Gasteiger partial charge < -0.3 is 0 Å². The van der Waals surface area contributed by atoms with Crippen LogP contribution in [0.25, 0.3) is 11.0 Å². The van der Waals surface area contributed by atoms with Crippen LogP contribution in [0.2, 0.25) is 0 Å². The maximum absolute atomic E-state index is 12.8. The van der Waals surface area contributed by atoms with E-state index in [0.717, 1.165) is 21.0 Å². The summed E-state index contributed by atoms with van der Waals surface area (Å²) in [6.45, 7) is 9.73. The molecule has 1 atom stereocenters. The lowest BCUT2D eigenvalue weighted by Gasteiger charge is -2.05. The summed E-state index contributed by atoms with van der Waals surface area (Å²) in [7, 11) is -1.36. The average Bonchev–Trinajstić information content (AvgIpc) is 2.76. The SMILES string of the molecule is C=C/C(=C\C=C(C)C)S(=O)n1cc(C)c2cc(Br)cnc21.